The van der Waals surface area contributed by atoms with Crippen molar-refractivity contribution in [3.8, 4) is 0 Å². The van der Waals surface area contributed by atoms with Gasteiger partial charge in [0.05, 0.1) is 17.7 Å². The van der Waals surface area contributed by atoms with Crippen molar-refractivity contribution in [2.75, 3.05) is 39.2 Å². The van der Waals surface area contributed by atoms with Gasteiger partial charge in [0, 0.05) is 25.3 Å². The second kappa shape index (κ2) is 10.1. The number of rotatable bonds is 6. The third-order valence-corrected chi connectivity index (χ3v) is 5.42. The van der Waals surface area contributed by atoms with E-state index in [2.05, 4.69) is 5.32 Å². The molecule has 0 bridgehead atoms. The van der Waals surface area contributed by atoms with E-state index in [1.165, 1.54) is 21.9 Å². The van der Waals surface area contributed by atoms with Gasteiger partial charge in [0.15, 0.2) is 0 Å². The van der Waals surface area contributed by atoms with Gasteiger partial charge >= 0.3 is 0 Å². The molecule has 1 aliphatic heterocycles. The van der Waals surface area contributed by atoms with Gasteiger partial charge in [-0.25, -0.2) is 4.39 Å². The van der Waals surface area contributed by atoms with Crippen molar-refractivity contribution in [3.05, 3.63) is 64.4 Å². The van der Waals surface area contributed by atoms with Crippen molar-refractivity contribution in [2.45, 2.75) is 12.1 Å². The van der Waals surface area contributed by atoms with Gasteiger partial charge in [-0.3, -0.25) is 14.4 Å². The van der Waals surface area contributed by atoms with E-state index in [1.807, 2.05) is 0 Å². The number of halogens is 2. The summed E-state index contributed by atoms with van der Waals surface area (Å²) in [5.74, 6) is -1.71. The lowest BCUT2D eigenvalue weighted by Crippen LogP contribution is -2.55. The smallest absolute Gasteiger partial charge is 0.255 e. The second-order valence-electron chi connectivity index (χ2n) is 7.50. The molecule has 2 aromatic carbocycles. The maximum atomic E-state index is 13.3. The Kier molecular flexibility index (Phi) is 7.44. The van der Waals surface area contributed by atoms with Crippen LogP contribution in [0.15, 0.2) is 42.5 Å². The van der Waals surface area contributed by atoms with E-state index >= 15 is 0 Å². The molecule has 2 N–H and O–H groups in total. The molecule has 0 unspecified atom stereocenters. The average molecular weight is 464 g/mol. The minimum absolute atomic E-state index is 0.149. The molecule has 1 aliphatic rings. The fourth-order valence-corrected chi connectivity index (χ4v) is 3.49. The zero-order valence-corrected chi connectivity index (χ0v) is 18.3. The Labute approximate surface area is 189 Å². The van der Waals surface area contributed by atoms with Crippen LogP contribution < -0.4 is 5.32 Å². The molecule has 0 aliphatic carbocycles. The molecule has 0 spiro atoms. The van der Waals surface area contributed by atoms with Crippen LogP contribution in [0.1, 0.15) is 22.0 Å². The minimum Gasteiger partial charge on any atom is -0.394 e. The number of aliphatic hydroxyl groups excluding tert-OH is 1. The summed E-state index contributed by atoms with van der Waals surface area (Å²) in [7, 11) is 3.18. The Bertz CT molecular complexity index is 1020. The number of anilines is 1. The first-order chi connectivity index (χ1) is 15.2. The molecular weight excluding hydrogens is 441 g/mol. The fourth-order valence-electron chi connectivity index (χ4n) is 3.31. The molecule has 1 fully saturated rings. The predicted octanol–water partition coefficient (Wildman–Crippen LogP) is 2.08. The van der Waals surface area contributed by atoms with Crippen molar-refractivity contribution in [3.63, 3.8) is 0 Å². The standard InChI is InChI=1S/C22H23ClFN3O5/c1-26(2)19(29)10-27-18(11-28)21(32-12-20(27)30)13-3-6-15(7-4-13)25-22(31)14-5-8-17(24)16(23)9-14/h3-9,18,21,28H,10-12H2,1-2H3,(H,25,31)/t18-,21-/m1/s1. The molecule has 0 aromatic heterocycles. The molecule has 1 saturated heterocycles. The van der Waals surface area contributed by atoms with Crippen LogP contribution in [0.3, 0.4) is 0 Å². The molecule has 32 heavy (non-hydrogen) atoms. The van der Waals surface area contributed by atoms with Gasteiger partial charge in [0.1, 0.15) is 25.1 Å². The summed E-state index contributed by atoms with van der Waals surface area (Å²) in [6.45, 7) is -0.766. The summed E-state index contributed by atoms with van der Waals surface area (Å²) in [5.41, 5.74) is 1.35. The number of hydrogen-bond donors (Lipinski definition) is 2. The van der Waals surface area contributed by atoms with Gasteiger partial charge in [-0.15, -0.1) is 0 Å². The first-order valence-corrected chi connectivity index (χ1v) is 10.2. The van der Waals surface area contributed by atoms with Crippen LogP contribution >= 0.6 is 11.6 Å². The molecule has 10 heteroatoms. The normalized spacial score (nSPS) is 18.4. The molecular formula is C22H23ClFN3O5. The van der Waals surface area contributed by atoms with Crippen molar-refractivity contribution >= 4 is 35.0 Å². The van der Waals surface area contributed by atoms with Gasteiger partial charge in [0.2, 0.25) is 11.8 Å². The molecule has 8 nitrogen and oxygen atoms in total. The monoisotopic (exact) mass is 463 g/mol. The summed E-state index contributed by atoms with van der Waals surface area (Å²) in [6, 6.07) is 9.62. The number of likely N-dealkylation sites (N-methyl/N-ethyl adjacent to an activating group) is 1. The highest BCUT2D eigenvalue weighted by molar-refractivity contribution is 6.31. The summed E-state index contributed by atoms with van der Waals surface area (Å²) in [6.07, 6.45) is -0.645. The lowest BCUT2D eigenvalue weighted by molar-refractivity contribution is -0.164. The predicted molar refractivity (Wildman–Crippen MR) is 116 cm³/mol. The topological polar surface area (TPSA) is 99.2 Å². The first-order valence-electron chi connectivity index (χ1n) is 9.79. The highest BCUT2D eigenvalue weighted by Gasteiger charge is 2.38. The van der Waals surface area contributed by atoms with Crippen LogP contribution in [0.25, 0.3) is 0 Å². The Morgan fingerprint density at radius 3 is 2.53 bits per heavy atom. The van der Waals surface area contributed by atoms with Gasteiger partial charge in [-0.1, -0.05) is 23.7 Å². The van der Waals surface area contributed by atoms with Gasteiger partial charge in [-0.05, 0) is 35.9 Å². The molecule has 2 atom stereocenters. The highest BCUT2D eigenvalue weighted by Crippen LogP contribution is 2.30. The SMILES string of the molecule is CN(C)C(=O)CN1C(=O)CO[C@H](c2ccc(NC(=O)c3ccc(F)c(Cl)c3)cc2)[C@H]1CO. The molecule has 0 radical (unpaired) electrons. The molecule has 2 aromatic rings. The summed E-state index contributed by atoms with van der Waals surface area (Å²) >= 11 is 5.72. The van der Waals surface area contributed by atoms with Crippen LogP contribution in [0, 0.1) is 5.82 Å². The van der Waals surface area contributed by atoms with E-state index in [-0.39, 0.29) is 42.2 Å². The fraction of sp³-hybridized carbons (Fsp3) is 0.318. The number of nitrogens with one attached hydrogen (secondary N) is 1. The molecule has 1 heterocycles. The maximum absolute atomic E-state index is 13.3. The van der Waals surface area contributed by atoms with E-state index in [0.717, 1.165) is 6.07 Å². The number of hydrogen-bond acceptors (Lipinski definition) is 5. The van der Waals surface area contributed by atoms with Crippen molar-refractivity contribution in [2.24, 2.45) is 0 Å². The molecule has 0 saturated carbocycles. The Morgan fingerprint density at radius 1 is 1.25 bits per heavy atom. The molecule has 170 valence electrons. The number of nitrogens with zero attached hydrogens (tertiary/aromatic N) is 2. The zero-order valence-electron chi connectivity index (χ0n) is 17.5. The van der Waals surface area contributed by atoms with Crippen molar-refractivity contribution in [1.29, 1.82) is 0 Å². The third kappa shape index (κ3) is 5.24. The average Bonchev–Trinajstić information content (AvgIpc) is 2.77. The van der Waals surface area contributed by atoms with Gasteiger partial charge in [-0.2, -0.15) is 0 Å². The van der Waals surface area contributed by atoms with Crippen LogP contribution in [0.5, 0.6) is 0 Å². The number of amides is 3. The number of carbonyl (C=O) groups excluding carboxylic acids is 3. The number of benzene rings is 2. The first kappa shape index (κ1) is 23.6. The largest absolute Gasteiger partial charge is 0.394 e. The molecule has 3 amide bonds. The highest BCUT2D eigenvalue weighted by atomic mass is 35.5. The Balaban J connectivity index is 1.73. The lowest BCUT2D eigenvalue weighted by atomic mass is 9.99. The van der Waals surface area contributed by atoms with E-state index in [0.29, 0.717) is 11.3 Å². The van der Waals surface area contributed by atoms with Crippen LogP contribution in [0.2, 0.25) is 5.02 Å². The third-order valence-electron chi connectivity index (χ3n) is 5.13. The van der Waals surface area contributed by atoms with Gasteiger partial charge < -0.3 is 25.0 Å². The number of ether oxygens (including phenoxy) is 1. The van der Waals surface area contributed by atoms with E-state index in [4.69, 9.17) is 16.3 Å². The molecule has 3 rings (SSSR count). The maximum Gasteiger partial charge on any atom is 0.255 e. The summed E-state index contributed by atoms with van der Waals surface area (Å²) in [5, 5.41) is 12.5. The number of aliphatic hydroxyl groups is 1. The van der Waals surface area contributed by atoms with Crippen LogP contribution in [0.4, 0.5) is 10.1 Å². The Morgan fingerprint density at radius 2 is 1.94 bits per heavy atom. The zero-order chi connectivity index (χ0) is 23.4. The number of morpholine rings is 1. The van der Waals surface area contributed by atoms with E-state index in [9.17, 15) is 23.9 Å². The summed E-state index contributed by atoms with van der Waals surface area (Å²) in [4.78, 5) is 39.5. The lowest BCUT2D eigenvalue weighted by Gasteiger charge is -2.40. The van der Waals surface area contributed by atoms with Gasteiger partial charge in [0.25, 0.3) is 5.91 Å². The van der Waals surface area contributed by atoms with Crippen LogP contribution in [-0.4, -0.2) is 72.5 Å². The van der Waals surface area contributed by atoms with E-state index in [1.54, 1.807) is 38.4 Å². The minimum atomic E-state index is -0.734. The van der Waals surface area contributed by atoms with E-state index < -0.39 is 23.9 Å². The van der Waals surface area contributed by atoms with Crippen molar-refractivity contribution in [1.82, 2.24) is 9.80 Å². The quantitative estimate of drug-likeness (QED) is 0.683. The summed E-state index contributed by atoms with van der Waals surface area (Å²) < 4.78 is 18.9. The van der Waals surface area contributed by atoms with Crippen LogP contribution in [-0.2, 0) is 14.3 Å². The second-order valence-corrected chi connectivity index (χ2v) is 7.90. The Hall–Kier alpha value is -3.01. The number of carbonyl (C=O) groups is 3. The van der Waals surface area contributed by atoms with Crippen molar-refractivity contribution < 1.29 is 28.6 Å².